The van der Waals surface area contributed by atoms with Crippen LogP contribution >= 0.6 is 0 Å². The number of hydrogen-bond acceptors (Lipinski definition) is 4. The van der Waals surface area contributed by atoms with Crippen LogP contribution in [0.25, 0.3) is 0 Å². The van der Waals surface area contributed by atoms with Gasteiger partial charge in [-0.25, -0.2) is 4.79 Å². The van der Waals surface area contributed by atoms with Gasteiger partial charge in [0.05, 0.1) is 20.3 Å². The molecule has 1 saturated heterocycles. The van der Waals surface area contributed by atoms with Crippen LogP contribution in [-0.2, 0) is 19.1 Å². The molecule has 5 nitrogen and oxygen atoms in total. The van der Waals surface area contributed by atoms with E-state index in [-0.39, 0.29) is 12.5 Å². The van der Waals surface area contributed by atoms with Crippen molar-refractivity contribution in [3.8, 4) is 0 Å². The number of amides is 1. The number of carbonyl (C=O) groups excluding carboxylic acids is 2. The van der Waals surface area contributed by atoms with Crippen molar-refractivity contribution in [2.75, 3.05) is 26.9 Å². The van der Waals surface area contributed by atoms with E-state index in [2.05, 4.69) is 11.7 Å². The molecule has 0 aliphatic carbocycles. The van der Waals surface area contributed by atoms with Gasteiger partial charge in [-0.2, -0.15) is 0 Å². The number of esters is 1. The van der Waals surface area contributed by atoms with E-state index < -0.39 is 12.0 Å². The summed E-state index contributed by atoms with van der Waals surface area (Å²) in [6, 6.07) is -0.623. The fourth-order valence-corrected chi connectivity index (χ4v) is 1.96. The fraction of sp³-hybridized carbons (Fsp3) is 0.692. The summed E-state index contributed by atoms with van der Waals surface area (Å²) in [6.07, 6.45) is 3.49. The van der Waals surface area contributed by atoms with E-state index in [0.717, 1.165) is 18.4 Å². The van der Waals surface area contributed by atoms with E-state index >= 15 is 0 Å². The Hall–Kier alpha value is -1.36. The van der Waals surface area contributed by atoms with Crippen molar-refractivity contribution < 1.29 is 19.1 Å². The maximum Gasteiger partial charge on any atom is 0.331 e. The molecule has 1 atom stereocenters. The van der Waals surface area contributed by atoms with E-state index in [0.29, 0.717) is 13.2 Å². The molecular weight excluding hydrogens is 234 g/mol. The van der Waals surface area contributed by atoms with Gasteiger partial charge in [0.15, 0.2) is 6.04 Å². The number of methoxy groups -OCH3 is 1. The third kappa shape index (κ3) is 3.84. The molecule has 0 spiro atoms. The summed E-state index contributed by atoms with van der Waals surface area (Å²) < 4.78 is 9.91. The Balaban J connectivity index is 2.74. The molecule has 1 unspecified atom stereocenters. The molecular formula is C13H21NO4. The molecule has 0 aromatic carbocycles. The van der Waals surface area contributed by atoms with Gasteiger partial charge in [-0.15, -0.1) is 0 Å². The molecule has 1 fully saturated rings. The molecule has 1 aliphatic rings. The Morgan fingerprint density at radius 1 is 1.50 bits per heavy atom. The monoisotopic (exact) mass is 255 g/mol. The maximum atomic E-state index is 12.1. The lowest BCUT2D eigenvalue weighted by Crippen LogP contribution is -2.52. The third-order valence-corrected chi connectivity index (χ3v) is 2.90. The minimum Gasteiger partial charge on any atom is -0.467 e. The molecule has 102 valence electrons. The maximum absolute atomic E-state index is 12.1. The number of allylic oxidation sites excluding steroid dienone is 1. The molecule has 0 N–H and O–H groups in total. The molecule has 18 heavy (non-hydrogen) atoms. The highest BCUT2D eigenvalue weighted by atomic mass is 16.5. The number of ether oxygens (including phenoxy) is 2. The molecule has 1 aliphatic heterocycles. The normalized spacial score (nSPS) is 20.7. The van der Waals surface area contributed by atoms with Crippen LogP contribution in [-0.4, -0.2) is 49.7 Å². The zero-order valence-corrected chi connectivity index (χ0v) is 11.3. The average Bonchev–Trinajstić information content (AvgIpc) is 2.38. The topological polar surface area (TPSA) is 55.8 Å². The van der Waals surface area contributed by atoms with Gasteiger partial charge in [0.1, 0.15) is 0 Å². The molecule has 5 heteroatoms. The number of morpholine rings is 1. The SMILES string of the molecule is CCC/C(C)=C/C(=O)N1CCOCC1C(=O)OC. The summed E-state index contributed by atoms with van der Waals surface area (Å²) >= 11 is 0. The van der Waals surface area contributed by atoms with E-state index in [4.69, 9.17) is 4.74 Å². The lowest BCUT2D eigenvalue weighted by Gasteiger charge is -2.33. The first-order valence-electron chi connectivity index (χ1n) is 6.23. The number of rotatable bonds is 4. The number of carbonyl (C=O) groups is 2. The standard InChI is InChI=1S/C13H21NO4/c1-4-5-10(2)8-12(15)14-6-7-18-9-11(14)13(16)17-3/h8,11H,4-7,9H2,1-3H3/b10-8+. The summed E-state index contributed by atoms with van der Waals surface area (Å²) in [5, 5.41) is 0. The second-order valence-electron chi connectivity index (χ2n) is 4.39. The minimum absolute atomic E-state index is 0.139. The highest BCUT2D eigenvalue weighted by Gasteiger charge is 2.32. The minimum atomic E-state index is -0.623. The second kappa shape index (κ2) is 7.16. The van der Waals surface area contributed by atoms with Crippen LogP contribution < -0.4 is 0 Å². The number of nitrogens with zero attached hydrogens (tertiary/aromatic N) is 1. The Kier molecular flexibility index (Phi) is 5.85. The Morgan fingerprint density at radius 3 is 2.83 bits per heavy atom. The fourth-order valence-electron chi connectivity index (χ4n) is 1.96. The summed E-state index contributed by atoms with van der Waals surface area (Å²) in [5.74, 6) is -0.566. The first kappa shape index (κ1) is 14.7. The average molecular weight is 255 g/mol. The van der Waals surface area contributed by atoms with Crippen molar-refractivity contribution in [3.05, 3.63) is 11.6 Å². The van der Waals surface area contributed by atoms with Crippen molar-refractivity contribution in [2.24, 2.45) is 0 Å². The van der Waals surface area contributed by atoms with Crippen LogP contribution in [0.15, 0.2) is 11.6 Å². The highest BCUT2D eigenvalue weighted by molar-refractivity contribution is 5.92. The van der Waals surface area contributed by atoms with Gasteiger partial charge in [-0.3, -0.25) is 4.79 Å². The van der Waals surface area contributed by atoms with Crippen LogP contribution in [0.1, 0.15) is 26.7 Å². The van der Waals surface area contributed by atoms with Gasteiger partial charge in [-0.1, -0.05) is 18.9 Å². The van der Waals surface area contributed by atoms with Crippen molar-refractivity contribution >= 4 is 11.9 Å². The van der Waals surface area contributed by atoms with Crippen molar-refractivity contribution in [3.63, 3.8) is 0 Å². The molecule has 0 aromatic rings. The lowest BCUT2D eigenvalue weighted by molar-refractivity contribution is -0.158. The third-order valence-electron chi connectivity index (χ3n) is 2.90. The van der Waals surface area contributed by atoms with Crippen LogP contribution in [0.5, 0.6) is 0 Å². The molecule has 1 rings (SSSR count). The summed E-state index contributed by atoms with van der Waals surface area (Å²) in [7, 11) is 1.32. The molecule has 1 heterocycles. The van der Waals surface area contributed by atoms with Crippen molar-refractivity contribution in [2.45, 2.75) is 32.7 Å². The molecule has 0 radical (unpaired) electrons. The Labute approximate surface area is 108 Å². The number of hydrogen-bond donors (Lipinski definition) is 0. The molecule has 0 saturated carbocycles. The second-order valence-corrected chi connectivity index (χ2v) is 4.39. The van der Waals surface area contributed by atoms with E-state index in [9.17, 15) is 9.59 Å². The quantitative estimate of drug-likeness (QED) is 0.558. The molecule has 1 amide bonds. The van der Waals surface area contributed by atoms with Gasteiger partial charge in [0.25, 0.3) is 0 Å². The van der Waals surface area contributed by atoms with Gasteiger partial charge >= 0.3 is 5.97 Å². The molecule has 0 bridgehead atoms. The Morgan fingerprint density at radius 2 is 2.22 bits per heavy atom. The predicted molar refractivity (Wildman–Crippen MR) is 67.0 cm³/mol. The van der Waals surface area contributed by atoms with Crippen LogP contribution in [0.4, 0.5) is 0 Å². The van der Waals surface area contributed by atoms with Crippen molar-refractivity contribution in [1.29, 1.82) is 0 Å². The van der Waals surface area contributed by atoms with Gasteiger partial charge in [0, 0.05) is 12.6 Å². The van der Waals surface area contributed by atoms with Gasteiger partial charge in [-0.05, 0) is 13.3 Å². The van der Waals surface area contributed by atoms with Gasteiger partial charge < -0.3 is 14.4 Å². The zero-order chi connectivity index (χ0) is 13.5. The van der Waals surface area contributed by atoms with Crippen LogP contribution in [0, 0.1) is 0 Å². The first-order chi connectivity index (χ1) is 8.60. The van der Waals surface area contributed by atoms with Crippen LogP contribution in [0.3, 0.4) is 0 Å². The smallest absolute Gasteiger partial charge is 0.331 e. The predicted octanol–water partition coefficient (Wildman–Crippen LogP) is 1.13. The van der Waals surface area contributed by atoms with E-state index in [1.165, 1.54) is 12.0 Å². The summed E-state index contributed by atoms with van der Waals surface area (Å²) in [5.41, 5.74) is 1.03. The largest absolute Gasteiger partial charge is 0.467 e. The molecule has 0 aromatic heterocycles. The summed E-state index contributed by atoms with van der Waals surface area (Å²) in [4.78, 5) is 25.2. The summed E-state index contributed by atoms with van der Waals surface area (Å²) in [6.45, 7) is 5.08. The lowest BCUT2D eigenvalue weighted by atomic mass is 10.1. The van der Waals surface area contributed by atoms with Crippen LogP contribution in [0.2, 0.25) is 0 Å². The zero-order valence-electron chi connectivity index (χ0n) is 11.3. The highest BCUT2D eigenvalue weighted by Crippen LogP contribution is 2.11. The first-order valence-corrected chi connectivity index (χ1v) is 6.23. The van der Waals surface area contributed by atoms with E-state index in [1.807, 2.05) is 6.92 Å². The van der Waals surface area contributed by atoms with Gasteiger partial charge in [0.2, 0.25) is 5.91 Å². The Bertz CT molecular complexity index is 338. The van der Waals surface area contributed by atoms with Crippen molar-refractivity contribution in [1.82, 2.24) is 4.90 Å². The van der Waals surface area contributed by atoms with E-state index in [1.54, 1.807) is 6.08 Å².